The molecule has 2 aromatic heterocycles. The molecule has 8 heteroatoms. The third-order valence-corrected chi connectivity index (χ3v) is 7.91. The van der Waals surface area contributed by atoms with Gasteiger partial charge in [0.2, 0.25) is 0 Å². The molecular weight excluding hydrogens is 520 g/mol. The molecule has 4 aromatic carbocycles. The number of thioether (sulfide) groups is 1. The number of aromatic amines is 1. The van der Waals surface area contributed by atoms with Crippen LogP contribution in [0.15, 0.2) is 114 Å². The van der Waals surface area contributed by atoms with Crippen LogP contribution in [0.4, 0.5) is 0 Å². The lowest BCUT2D eigenvalue weighted by molar-refractivity contribution is 0.0991. The summed E-state index contributed by atoms with van der Waals surface area (Å²) >= 11 is 1.37. The van der Waals surface area contributed by atoms with E-state index < -0.39 is 5.25 Å². The molecule has 7 nitrogen and oxygen atoms in total. The Kier molecular flexibility index (Phi) is 7.08. The molecular formula is C32H26N4O3S. The molecule has 1 N–H and O–H groups in total. The minimum Gasteiger partial charge on any atom is -0.493 e. The van der Waals surface area contributed by atoms with Crippen molar-refractivity contribution in [3.8, 4) is 28.6 Å². The van der Waals surface area contributed by atoms with Crippen molar-refractivity contribution in [2.24, 2.45) is 0 Å². The van der Waals surface area contributed by atoms with Crippen molar-refractivity contribution in [3.05, 3.63) is 120 Å². The predicted octanol–water partition coefficient (Wildman–Crippen LogP) is 7.15. The second-order valence-electron chi connectivity index (χ2n) is 9.07. The van der Waals surface area contributed by atoms with Crippen LogP contribution in [0.3, 0.4) is 0 Å². The van der Waals surface area contributed by atoms with Crippen LogP contribution < -0.4 is 9.47 Å². The number of H-pyrrole nitrogens is 1. The fourth-order valence-corrected chi connectivity index (χ4v) is 5.86. The molecule has 40 heavy (non-hydrogen) atoms. The summed E-state index contributed by atoms with van der Waals surface area (Å²) < 4.78 is 13.0. The van der Waals surface area contributed by atoms with E-state index in [1.165, 1.54) is 11.8 Å². The van der Waals surface area contributed by atoms with Crippen molar-refractivity contribution in [3.63, 3.8) is 0 Å². The number of carbonyl (C=O) groups is 1. The van der Waals surface area contributed by atoms with Gasteiger partial charge < -0.3 is 14.5 Å². The number of carbonyl (C=O) groups excluding carboxylic acids is 1. The van der Waals surface area contributed by atoms with Gasteiger partial charge in [-0.05, 0) is 23.8 Å². The van der Waals surface area contributed by atoms with Crippen molar-refractivity contribution >= 4 is 28.4 Å². The third kappa shape index (κ3) is 4.74. The van der Waals surface area contributed by atoms with Crippen LogP contribution in [-0.2, 0) is 0 Å². The minimum atomic E-state index is -0.563. The Morgan fingerprint density at radius 3 is 2.27 bits per heavy atom. The zero-order valence-electron chi connectivity index (χ0n) is 21.9. The first kappa shape index (κ1) is 25.5. The first-order chi connectivity index (χ1) is 19.7. The number of para-hydroxylation sites is 1. The Morgan fingerprint density at radius 2 is 1.52 bits per heavy atom. The molecule has 6 rings (SSSR count). The molecule has 1 atom stereocenters. The molecule has 0 amide bonds. The Hall–Kier alpha value is -4.82. The maximum Gasteiger partial charge on any atom is 0.197 e. The van der Waals surface area contributed by atoms with E-state index >= 15 is 0 Å². The van der Waals surface area contributed by atoms with Crippen molar-refractivity contribution in [1.29, 1.82) is 0 Å². The van der Waals surface area contributed by atoms with Crippen molar-refractivity contribution in [2.45, 2.75) is 10.4 Å². The lowest BCUT2D eigenvalue weighted by Gasteiger charge is -2.18. The highest BCUT2D eigenvalue weighted by Crippen LogP contribution is 2.41. The number of aromatic nitrogens is 4. The van der Waals surface area contributed by atoms with Gasteiger partial charge in [0.05, 0.1) is 19.9 Å². The summed E-state index contributed by atoms with van der Waals surface area (Å²) in [6.07, 6.45) is 1.79. The van der Waals surface area contributed by atoms with Crippen LogP contribution in [0.2, 0.25) is 0 Å². The molecule has 0 saturated carbocycles. The van der Waals surface area contributed by atoms with Gasteiger partial charge in [-0.15, -0.1) is 10.2 Å². The van der Waals surface area contributed by atoms with Gasteiger partial charge in [-0.25, -0.2) is 0 Å². The predicted molar refractivity (Wildman–Crippen MR) is 158 cm³/mol. The average Bonchev–Trinajstić information content (AvgIpc) is 3.65. The zero-order valence-corrected chi connectivity index (χ0v) is 22.8. The topological polar surface area (TPSA) is 82.0 Å². The van der Waals surface area contributed by atoms with Gasteiger partial charge in [-0.2, -0.15) is 0 Å². The van der Waals surface area contributed by atoms with Crippen LogP contribution >= 0.6 is 11.8 Å². The maximum atomic E-state index is 14.2. The fraction of sp³-hybridized carbons (Fsp3) is 0.0938. The molecule has 0 spiro atoms. The van der Waals surface area contributed by atoms with E-state index in [9.17, 15) is 4.79 Å². The Morgan fingerprint density at radius 1 is 0.825 bits per heavy atom. The van der Waals surface area contributed by atoms with Crippen LogP contribution in [0.1, 0.15) is 21.2 Å². The monoisotopic (exact) mass is 546 g/mol. The van der Waals surface area contributed by atoms with Crippen LogP contribution in [0, 0.1) is 0 Å². The van der Waals surface area contributed by atoms with Gasteiger partial charge in [-0.1, -0.05) is 90.6 Å². The number of benzene rings is 4. The molecule has 1 unspecified atom stereocenters. The highest BCUT2D eigenvalue weighted by Gasteiger charge is 2.29. The summed E-state index contributed by atoms with van der Waals surface area (Å²) in [5, 5.41) is 10.1. The Labute approximate surface area is 235 Å². The van der Waals surface area contributed by atoms with Gasteiger partial charge in [0.1, 0.15) is 5.25 Å². The molecule has 0 saturated heterocycles. The fourth-order valence-electron chi connectivity index (χ4n) is 4.74. The van der Waals surface area contributed by atoms with Gasteiger partial charge in [-0.3, -0.25) is 9.36 Å². The number of ketones is 1. The number of fused-ring (bicyclic) bond motifs is 1. The lowest BCUT2D eigenvalue weighted by Crippen LogP contribution is -2.11. The molecule has 0 aliphatic heterocycles. The summed E-state index contributed by atoms with van der Waals surface area (Å²) in [5.41, 5.74) is 4.12. The zero-order chi connectivity index (χ0) is 27.5. The lowest BCUT2D eigenvalue weighted by atomic mass is 10.0. The number of ether oxygens (including phenoxy) is 2. The van der Waals surface area contributed by atoms with Crippen LogP contribution in [-0.4, -0.2) is 39.8 Å². The van der Waals surface area contributed by atoms with E-state index in [2.05, 4.69) is 15.2 Å². The third-order valence-electron chi connectivity index (χ3n) is 6.71. The summed E-state index contributed by atoms with van der Waals surface area (Å²) in [4.78, 5) is 17.4. The summed E-state index contributed by atoms with van der Waals surface area (Å²) in [7, 11) is 3.21. The van der Waals surface area contributed by atoms with E-state index in [-0.39, 0.29) is 5.78 Å². The molecule has 0 aliphatic carbocycles. The van der Waals surface area contributed by atoms with Gasteiger partial charge >= 0.3 is 0 Å². The Bertz CT molecular complexity index is 1780. The number of Topliss-reactive ketones (excluding diaryl/α,β-unsaturated/α-hetero) is 1. The van der Waals surface area contributed by atoms with E-state index in [1.54, 1.807) is 20.4 Å². The number of rotatable bonds is 9. The smallest absolute Gasteiger partial charge is 0.197 e. The van der Waals surface area contributed by atoms with E-state index in [4.69, 9.17) is 9.47 Å². The van der Waals surface area contributed by atoms with E-state index in [0.717, 1.165) is 27.7 Å². The molecule has 2 heterocycles. The maximum absolute atomic E-state index is 14.2. The SMILES string of the molecule is COc1ccc(-n2c(SC(C(=O)c3c[nH]c4ccccc34)c3ccccc3)nnc2-c2ccccc2)cc1OC. The largest absolute Gasteiger partial charge is 0.493 e. The number of methoxy groups -OCH3 is 2. The van der Waals surface area contributed by atoms with Gasteiger partial charge in [0.25, 0.3) is 0 Å². The summed E-state index contributed by atoms with van der Waals surface area (Å²) in [6, 6.07) is 33.1. The molecule has 0 aliphatic rings. The second-order valence-corrected chi connectivity index (χ2v) is 10.1. The molecule has 0 fully saturated rings. The summed E-state index contributed by atoms with van der Waals surface area (Å²) in [5.74, 6) is 1.84. The quantitative estimate of drug-likeness (QED) is 0.153. The van der Waals surface area contributed by atoms with Crippen molar-refractivity contribution in [2.75, 3.05) is 14.2 Å². The van der Waals surface area contributed by atoms with Gasteiger partial charge in [0, 0.05) is 34.3 Å². The Balaban J connectivity index is 1.49. The van der Waals surface area contributed by atoms with Crippen LogP contribution in [0.25, 0.3) is 28.0 Å². The molecule has 198 valence electrons. The molecule has 0 bridgehead atoms. The first-order valence-electron chi connectivity index (χ1n) is 12.7. The number of hydrogen-bond acceptors (Lipinski definition) is 6. The number of nitrogens with zero attached hydrogens (tertiary/aromatic N) is 3. The average molecular weight is 547 g/mol. The van der Waals surface area contributed by atoms with Crippen molar-refractivity contribution < 1.29 is 14.3 Å². The van der Waals surface area contributed by atoms with Crippen molar-refractivity contribution in [1.82, 2.24) is 19.7 Å². The molecule has 6 aromatic rings. The second kappa shape index (κ2) is 11.1. The minimum absolute atomic E-state index is 0.0169. The number of nitrogens with one attached hydrogen (secondary N) is 1. The highest BCUT2D eigenvalue weighted by atomic mass is 32.2. The van der Waals surface area contributed by atoms with Crippen LogP contribution in [0.5, 0.6) is 11.5 Å². The highest BCUT2D eigenvalue weighted by molar-refractivity contribution is 8.00. The summed E-state index contributed by atoms with van der Waals surface area (Å²) in [6.45, 7) is 0. The normalized spacial score (nSPS) is 11.8. The number of hydrogen-bond donors (Lipinski definition) is 1. The molecule has 0 radical (unpaired) electrons. The first-order valence-corrected chi connectivity index (χ1v) is 13.6. The van der Waals surface area contributed by atoms with E-state index in [0.29, 0.717) is 28.0 Å². The van der Waals surface area contributed by atoms with Gasteiger partial charge in [0.15, 0.2) is 28.3 Å². The standard InChI is InChI=1S/C32H26N4O3S/c1-38-27-18-17-23(19-28(27)39-2)36-31(22-13-7-4-8-14-22)34-35-32(36)40-30(21-11-5-3-6-12-21)29(37)25-20-33-26-16-10-9-15-24(25)26/h3-20,30,33H,1-2H3. The van der Waals surface area contributed by atoms with E-state index in [1.807, 2.05) is 108 Å².